The van der Waals surface area contributed by atoms with Gasteiger partial charge in [0.2, 0.25) is 0 Å². The maximum Gasteiger partial charge on any atom is 0.255 e. The second kappa shape index (κ2) is 18.7. The minimum absolute atomic E-state index is 0.0198. The zero-order valence-corrected chi connectivity index (χ0v) is 32.9. The molecule has 0 fully saturated rings. The van der Waals surface area contributed by atoms with Crippen molar-refractivity contribution < 1.29 is 23.7 Å². The zero-order valence-electron chi connectivity index (χ0n) is 32.9. The number of hydrogen-bond acceptors (Lipinski definition) is 8. The number of carbonyl (C=O) groups excluding carboxylic acids is 1. The molecule has 2 aliphatic heterocycles. The van der Waals surface area contributed by atoms with Crippen LogP contribution in [-0.2, 0) is 21.6 Å². The van der Waals surface area contributed by atoms with Gasteiger partial charge in [-0.2, -0.15) is 0 Å². The van der Waals surface area contributed by atoms with Gasteiger partial charge in [0.15, 0.2) is 0 Å². The molecule has 2 heterocycles. The highest BCUT2D eigenvalue weighted by molar-refractivity contribution is 6.02. The fourth-order valence-electron chi connectivity index (χ4n) is 7.89. The fourth-order valence-corrected chi connectivity index (χ4v) is 7.89. The van der Waals surface area contributed by atoms with Gasteiger partial charge in [-0.3, -0.25) is 4.79 Å². The van der Waals surface area contributed by atoms with E-state index >= 15 is 0 Å². The van der Waals surface area contributed by atoms with Crippen LogP contribution in [0, 0.1) is 0 Å². The van der Waals surface area contributed by atoms with E-state index in [4.69, 9.17) is 18.9 Å². The van der Waals surface area contributed by atoms with Crippen molar-refractivity contribution in [2.75, 3.05) is 82.1 Å². The van der Waals surface area contributed by atoms with Crippen molar-refractivity contribution in [3.05, 3.63) is 113 Å². The van der Waals surface area contributed by atoms with E-state index in [1.54, 1.807) is 0 Å². The fraction of sp³-hybridized carbons (Fsp3) is 0.444. The van der Waals surface area contributed by atoms with E-state index in [1.165, 1.54) is 0 Å². The number of rotatable bonds is 21. The number of unbranched alkanes of at least 4 members (excludes halogenated alkanes) is 1. The molecule has 0 unspecified atom stereocenters. The molecule has 9 nitrogen and oxygen atoms in total. The number of para-hydroxylation sites is 1. The van der Waals surface area contributed by atoms with E-state index in [2.05, 4.69) is 103 Å². The molecule has 2 aliphatic rings. The van der Waals surface area contributed by atoms with Gasteiger partial charge < -0.3 is 39.0 Å². The Hall–Kier alpha value is -4.57. The van der Waals surface area contributed by atoms with Crippen LogP contribution in [0.2, 0.25) is 0 Å². The highest BCUT2D eigenvalue weighted by atomic mass is 16.5. The Balaban J connectivity index is 1.25. The molecule has 0 aliphatic carbocycles. The molecule has 0 saturated heterocycles. The number of nitrogens with one attached hydrogen (secondary N) is 1. The lowest BCUT2D eigenvalue weighted by Crippen LogP contribution is -2.49. The number of fused-ring (bicyclic) bond motifs is 6. The zero-order chi connectivity index (χ0) is 37.9. The van der Waals surface area contributed by atoms with Crippen LogP contribution in [0.1, 0.15) is 80.1 Å². The van der Waals surface area contributed by atoms with Crippen molar-refractivity contribution >= 4 is 17.3 Å². The normalized spacial score (nSPS) is 13.7. The molecule has 0 aromatic heterocycles. The molecule has 0 radical (unpaired) electrons. The van der Waals surface area contributed by atoms with E-state index in [0.717, 1.165) is 102 Å². The van der Waals surface area contributed by atoms with Gasteiger partial charge >= 0.3 is 0 Å². The Labute approximate surface area is 322 Å². The molecule has 9 heteroatoms. The first-order valence-corrected chi connectivity index (χ1v) is 20.0. The number of ether oxygens (including phenoxy) is 4. The topological polar surface area (TPSA) is 75.7 Å². The molecular weight excluding hydrogens is 677 g/mol. The number of nitrogens with zero attached hydrogens (tertiary/aromatic N) is 3. The number of carbonyl (C=O) groups is 1. The minimum Gasteiger partial charge on any atom is -0.491 e. The standard InChI is InChI=1S/C45H58N4O5/c1-6-11-26-51-27-28-52-29-30-53-41-19-15-12-16-34(41)33-46-24-25-49-44(50)37-17-13-14-18-38(37)45(49)39-22-20-35(47(7-2)8-3)31-42(39)54-43-32-36(21-23-40(43)45)48(9-4)10-5/h12-23,31-32,46H,6-11,24-30,33H2,1-5H3. The predicted octanol–water partition coefficient (Wildman–Crippen LogP) is 8.23. The summed E-state index contributed by atoms with van der Waals surface area (Å²) in [5.74, 6) is 2.41. The molecule has 6 rings (SSSR count). The van der Waals surface area contributed by atoms with Crippen molar-refractivity contribution in [3.63, 3.8) is 0 Å². The van der Waals surface area contributed by atoms with E-state index in [1.807, 2.05) is 36.4 Å². The summed E-state index contributed by atoms with van der Waals surface area (Å²) in [6.45, 7) is 19.0. The number of anilines is 2. The van der Waals surface area contributed by atoms with Crippen LogP contribution in [0.5, 0.6) is 17.2 Å². The molecule has 288 valence electrons. The molecule has 0 saturated carbocycles. The van der Waals surface area contributed by atoms with Crippen molar-refractivity contribution in [1.82, 2.24) is 10.2 Å². The first kappa shape index (κ1) is 39.1. The second-order valence-electron chi connectivity index (χ2n) is 13.7. The quantitative estimate of drug-likeness (QED) is 0.0859. The van der Waals surface area contributed by atoms with Gasteiger partial charge in [-0.25, -0.2) is 0 Å². The lowest BCUT2D eigenvalue weighted by molar-refractivity contribution is 0.0354. The summed E-state index contributed by atoms with van der Waals surface area (Å²) in [6.07, 6.45) is 2.20. The second-order valence-corrected chi connectivity index (χ2v) is 13.7. The Bertz CT molecular complexity index is 1780. The summed E-state index contributed by atoms with van der Waals surface area (Å²) in [5.41, 5.74) is 6.08. The van der Waals surface area contributed by atoms with Crippen molar-refractivity contribution in [2.45, 2.75) is 59.5 Å². The van der Waals surface area contributed by atoms with Gasteiger partial charge in [0, 0.05) is 98.2 Å². The molecule has 1 amide bonds. The van der Waals surface area contributed by atoms with Crippen molar-refractivity contribution in [3.8, 4) is 17.2 Å². The highest BCUT2D eigenvalue weighted by Crippen LogP contribution is 2.58. The SMILES string of the molecule is CCCCOCCOCCOc1ccccc1CNCCN1C(=O)c2ccccc2C12c1ccc(N(CC)CC)cc1Oc1cc(N(CC)CC)ccc12. The first-order chi connectivity index (χ1) is 26.5. The molecule has 1 N–H and O–H groups in total. The van der Waals surface area contributed by atoms with Gasteiger partial charge in [-0.15, -0.1) is 0 Å². The third kappa shape index (κ3) is 7.95. The third-order valence-electron chi connectivity index (χ3n) is 10.7. The molecule has 0 bridgehead atoms. The summed E-state index contributed by atoms with van der Waals surface area (Å²) >= 11 is 0. The van der Waals surface area contributed by atoms with Crippen molar-refractivity contribution in [2.24, 2.45) is 0 Å². The summed E-state index contributed by atoms with van der Waals surface area (Å²) in [4.78, 5) is 21.3. The third-order valence-corrected chi connectivity index (χ3v) is 10.7. The van der Waals surface area contributed by atoms with E-state index in [-0.39, 0.29) is 5.91 Å². The van der Waals surface area contributed by atoms with Crippen LogP contribution in [-0.4, -0.2) is 83.1 Å². The Kier molecular flexibility index (Phi) is 13.5. The predicted molar refractivity (Wildman–Crippen MR) is 218 cm³/mol. The number of amides is 1. The van der Waals surface area contributed by atoms with Gasteiger partial charge in [0.25, 0.3) is 5.91 Å². The summed E-state index contributed by atoms with van der Waals surface area (Å²) in [6, 6.07) is 29.2. The molecule has 1 spiro atoms. The van der Waals surface area contributed by atoms with Gasteiger partial charge in [-0.1, -0.05) is 61.9 Å². The number of benzene rings is 4. The maximum absolute atomic E-state index is 14.6. The Morgan fingerprint density at radius 1 is 0.685 bits per heavy atom. The number of hydrogen-bond donors (Lipinski definition) is 1. The Morgan fingerprint density at radius 3 is 1.93 bits per heavy atom. The molecular formula is C45H58N4O5. The molecule has 4 aromatic rings. The van der Waals surface area contributed by atoms with Gasteiger partial charge in [-0.05, 0) is 63.9 Å². The molecule has 4 aromatic carbocycles. The maximum atomic E-state index is 14.6. The molecule has 0 atom stereocenters. The van der Waals surface area contributed by atoms with Gasteiger partial charge in [0.05, 0.1) is 19.8 Å². The van der Waals surface area contributed by atoms with Crippen molar-refractivity contribution in [1.29, 1.82) is 0 Å². The lowest BCUT2D eigenvalue weighted by Gasteiger charge is -2.45. The van der Waals surface area contributed by atoms with E-state index < -0.39 is 5.54 Å². The molecule has 54 heavy (non-hydrogen) atoms. The highest BCUT2D eigenvalue weighted by Gasteiger charge is 2.56. The van der Waals surface area contributed by atoms with E-state index in [0.29, 0.717) is 46.1 Å². The first-order valence-electron chi connectivity index (χ1n) is 20.0. The minimum atomic E-state index is -0.857. The monoisotopic (exact) mass is 734 g/mol. The largest absolute Gasteiger partial charge is 0.491 e. The average Bonchev–Trinajstić information content (AvgIpc) is 3.44. The van der Waals surface area contributed by atoms with Crippen LogP contribution < -0.4 is 24.6 Å². The average molecular weight is 735 g/mol. The summed E-state index contributed by atoms with van der Waals surface area (Å²) in [5, 5.41) is 3.63. The van der Waals surface area contributed by atoms with Crippen LogP contribution in [0.3, 0.4) is 0 Å². The Morgan fingerprint density at radius 2 is 1.28 bits per heavy atom. The summed E-state index contributed by atoms with van der Waals surface area (Å²) in [7, 11) is 0. The lowest BCUT2D eigenvalue weighted by atomic mass is 9.74. The van der Waals surface area contributed by atoms with Gasteiger partial charge in [0.1, 0.15) is 29.4 Å². The summed E-state index contributed by atoms with van der Waals surface area (Å²) < 4.78 is 24.3. The van der Waals surface area contributed by atoms with E-state index in [9.17, 15) is 4.79 Å². The van der Waals surface area contributed by atoms with Crippen LogP contribution in [0.25, 0.3) is 0 Å². The smallest absolute Gasteiger partial charge is 0.255 e. The van der Waals surface area contributed by atoms with Crippen LogP contribution in [0.4, 0.5) is 11.4 Å². The van der Waals surface area contributed by atoms with Crippen LogP contribution in [0.15, 0.2) is 84.9 Å². The van der Waals surface area contributed by atoms with Crippen LogP contribution >= 0.6 is 0 Å².